The molecule has 4 nitrogen and oxygen atoms in total. The molecule has 0 bridgehead atoms. The van der Waals surface area contributed by atoms with Gasteiger partial charge in [-0.2, -0.15) is 0 Å². The third-order valence-electron chi connectivity index (χ3n) is 4.51. The molecule has 1 aromatic heterocycles. The van der Waals surface area contributed by atoms with Crippen LogP contribution < -0.4 is 20.3 Å². The normalized spacial score (nSPS) is 17.5. The third-order valence-corrected chi connectivity index (χ3v) is 5.50. The fraction of sp³-hybridized carbons (Fsp3) is 0.412. The Hall–Kier alpha value is -1.56. The van der Waals surface area contributed by atoms with Crippen LogP contribution in [0.1, 0.15) is 10.9 Å². The lowest BCUT2D eigenvalue weighted by Gasteiger charge is -2.36. The summed E-state index contributed by atoms with van der Waals surface area (Å²) in [6.45, 7) is 5.51. The van der Waals surface area contributed by atoms with E-state index in [1.807, 2.05) is 23.5 Å². The van der Waals surface area contributed by atoms with Gasteiger partial charge in [-0.15, -0.1) is 11.3 Å². The van der Waals surface area contributed by atoms with Crippen LogP contribution in [0.4, 0.5) is 5.69 Å². The van der Waals surface area contributed by atoms with Gasteiger partial charge in [-0.1, -0.05) is 6.07 Å². The summed E-state index contributed by atoms with van der Waals surface area (Å²) in [6.07, 6.45) is 0. The van der Waals surface area contributed by atoms with E-state index >= 15 is 0 Å². The van der Waals surface area contributed by atoms with Gasteiger partial charge in [0.1, 0.15) is 12.3 Å². The van der Waals surface area contributed by atoms with Gasteiger partial charge in [-0.3, -0.25) is 0 Å². The number of methoxy groups -OCH3 is 1. The fourth-order valence-electron chi connectivity index (χ4n) is 3.23. The zero-order valence-corrected chi connectivity index (χ0v) is 13.9. The molecule has 0 saturated carbocycles. The van der Waals surface area contributed by atoms with Crippen LogP contribution in [0.2, 0.25) is 0 Å². The van der Waals surface area contributed by atoms with E-state index in [1.165, 1.54) is 23.7 Å². The molecule has 1 saturated heterocycles. The first-order chi connectivity index (χ1) is 10.8. The molecule has 0 spiro atoms. The van der Waals surface area contributed by atoms with Crippen molar-refractivity contribution in [2.45, 2.75) is 6.04 Å². The van der Waals surface area contributed by atoms with Gasteiger partial charge in [0.2, 0.25) is 0 Å². The molecule has 0 aliphatic carbocycles. The number of rotatable bonds is 5. The van der Waals surface area contributed by atoms with Crippen molar-refractivity contribution in [3.63, 3.8) is 0 Å². The number of nitrogens with one attached hydrogen (secondary N) is 1. The molecule has 1 aromatic carbocycles. The highest BCUT2D eigenvalue weighted by Gasteiger charge is 2.29. The Balaban J connectivity index is 1.61. The van der Waals surface area contributed by atoms with Crippen LogP contribution in [-0.2, 0) is 0 Å². The van der Waals surface area contributed by atoms with Crippen molar-refractivity contribution in [3.05, 3.63) is 46.7 Å². The van der Waals surface area contributed by atoms with E-state index in [4.69, 9.17) is 4.74 Å². The zero-order valence-electron chi connectivity index (χ0n) is 13.1. The van der Waals surface area contributed by atoms with Gasteiger partial charge in [0.05, 0.1) is 38.2 Å². The highest BCUT2D eigenvalue weighted by molar-refractivity contribution is 7.10. The highest BCUT2D eigenvalue weighted by Crippen LogP contribution is 2.20. The molecule has 118 valence electrons. The second-order valence-corrected chi connectivity index (χ2v) is 6.68. The predicted molar refractivity (Wildman–Crippen MR) is 90.7 cm³/mol. The number of piperazine rings is 1. The number of nitrogens with zero attached hydrogens (tertiary/aromatic N) is 1. The third kappa shape index (κ3) is 3.27. The summed E-state index contributed by atoms with van der Waals surface area (Å²) in [5.74, 6) is 0.919. The van der Waals surface area contributed by atoms with Crippen molar-refractivity contribution in [3.8, 4) is 5.75 Å². The van der Waals surface area contributed by atoms with Crippen molar-refractivity contribution in [1.82, 2.24) is 0 Å². The van der Waals surface area contributed by atoms with Gasteiger partial charge in [0, 0.05) is 5.69 Å². The Bertz CT molecular complexity index is 562. The van der Waals surface area contributed by atoms with E-state index < -0.39 is 0 Å². The Morgan fingerprint density at radius 1 is 1.23 bits per heavy atom. The SMILES string of the molecule is COc1ccc(N2CC[NH+]([C@H](C[NH3+])c3cccs3)CC2)cc1. The van der Waals surface area contributed by atoms with Crippen LogP contribution in [0.3, 0.4) is 0 Å². The molecule has 2 heterocycles. The maximum absolute atomic E-state index is 5.23. The number of ether oxygens (including phenoxy) is 1. The lowest BCUT2D eigenvalue weighted by atomic mass is 10.1. The number of anilines is 1. The van der Waals surface area contributed by atoms with Gasteiger partial charge in [0.15, 0.2) is 6.04 Å². The number of benzene rings is 1. The number of quaternary nitrogens is 2. The molecule has 0 amide bonds. The molecule has 3 rings (SSSR count). The van der Waals surface area contributed by atoms with Crippen LogP contribution >= 0.6 is 11.3 Å². The second-order valence-electron chi connectivity index (χ2n) is 5.70. The highest BCUT2D eigenvalue weighted by atomic mass is 32.1. The van der Waals surface area contributed by atoms with E-state index in [9.17, 15) is 0 Å². The molecule has 22 heavy (non-hydrogen) atoms. The predicted octanol–water partition coefficient (Wildman–Crippen LogP) is 0.445. The van der Waals surface area contributed by atoms with Crippen molar-refractivity contribution >= 4 is 17.0 Å². The minimum Gasteiger partial charge on any atom is -0.497 e. The molecule has 1 aliphatic rings. The molecule has 0 unspecified atom stereocenters. The molecule has 1 atom stereocenters. The minimum atomic E-state index is 0.554. The zero-order chi connectivity index (χ0) is 15.4. The molecule has 1 fully saturated rings. The van der Waals surface area contributed by atoms with E-state index in [2.05, 4.69) is 40.3 Å². The number of hydrogen-bond acceptors (Lipinski definition) is 3. The first-order valence-electron chi connectivity index (χ1n) is 7.88. The van der Waals surface area contributed by atoms with Gasteiger partial charge in [0.25, 0.3) is 0 Å². The second kappa shape index (κ2) is 7.13. The summed E-state index contributed by atoms with van der Waals surface area (Å²) in [5, 5.41) is 2.17. The Labute approximate surface area is 136 Å². The standard InChI is InChI=1S/C17H23N3OS/c1-21-15-6-4-14(5-7-15)19-8-10-20(11-9-19)16(13-18)17-3-2-12-22-17/h2-7,12,16H,8-11,13,18H2,1H3/p+2/t16-/m1/s1. The largest absolute Gasteiger partial charge is 0.497 e. The van der Waals surface area contributed by atoms with Crippen LogP contribution in [-0.4, -0.2) is 39.8 Å². The summed E-state index contributed by atoms with van der Waals surface area (Å²) < 4.78 is 5.23. The van der Waals surface area contributed by atoms with Crippen LogP contribution in [0, 0.1) is 0 Å². The molecular formula is C17H25N3OS+2. The first kappa shape index (κ1) is 15.3. The Kier molecular flexibility index (Phi) is 4.97. The molecule has 4 N–H and O–H groups in total. The van der Waals surface area contributed by atoms with Crippen LogP contribution in [0.15, 0.2) is 41.8 Å². The van der Waals surface area contributed by atoms with E-state index in [1.54, 1.807) is 12.0 Å². The van der Waals surface area contributed by atoms with Crippen LogP contribution in [0.5, 0.6) is 5.75 Å². The van der Waals surface area contributed by atoms with E-state index in [0.717, 1.165) is 25.4 Å². The summed E-state index contributed by atoms with van der Waals surface area (Å²) >= 11 is 1.86. The van der Waals surface area contributed by atoms with E-state index in [0.29, 0.717) is 6.04 Å². The number of thiophene rings is 1. The quantitative estimate of drug-likeness (QED) is 0.840. The summed E-state index contributed by atoms with van der Waals surface area (Å²) in [5.41, 5.74) is 5.47. The molecule has 5 heteroatoms. The summed E-state index contributed by atoms with van der Waals surface area (Å²) in [6, 6.07) is 13.3. The monoisotopic (exact) mass is 319 g/mol. The smallest absolute Gasteiger partial charge is 0.172 e. The average Bonchev–Trinajstić information content (AvgIpc) is 3.11. The molecule has 1 aliphatic heterocycles. The van der Waals surface area contributed by atoms with Crippen molar-refractivity contribution in [1.29, 1.82) is 0 Å². The van der Waals surface area contributed by atoms with Crippen molar-refractivity contribution < 1.29 is 15.4 Å². The molecular weight excluding hydrogens is 294 g/mol. The summed E-state index contributed by atoms with van der Waals surface area (Å²) in [7, 11) is 1.71. The van der Waals surface area contributed by atoms with Crippen LogP contribution in [0.25, 0.3) is 0 Å². The van der Waals surface area contributed by atoms with Crippen molar-refractivity contribution in [2.75, 3.05) is 44.7 Å². The van der Waals surface area contributed by atoms with Gasteiger partial charge >= 0.3 is 0 Å². The Morgan fingerprint density at radius 2 is 1.95 bits per heavy atom. The van der Waals surface area contributed by atoms with Gasteiger partial charge in [-0.05, 0) is 35.7 Å². The van der Waals surface area contributed by atoms with Crippen molar-refractivity contribution in [2.24, 2.45) is 0 Å². The van der Waals surface area contributed by atoms with Gasteiger partial charge in [-0.25, -0.2) is 0 Å². The minimum absolute atomic E-state index is 0.554. The fourth-order valence-corrected chi connectivity index (χ4v) is 4.15. The van der Waals surface area contributed by atoms with Gasteiger partial charge < -0.3 is 20.3 Å². The average molecular weight is 319 g/mol. The summed E-state index contributed by atoms with van der Waals surface area (Å²) in [4.78, 5) is 5.61. The first-order valence-corrected chi connectivity index (χ1v) is 8.76. The topological polar surface area (TPSA) is 44.5 Å². The number of hydrogen-bond donors (Lipinski definition) is 2. The lowest BCUT2D eigenvalue weighted by molar-refractivity contribution is -0.937. The lowest BCUT2D eigenvalue weighted by Crippen LogP contribution is -3.16. The molecule has 2 aromatic rings. The Morgan fingerprint density at radius 3 is 2.50 bits per heavy atom. The maximum atomic E-state index is 5.23. The maximum Gasteiger partial charge on any atom is 0.172 e. The van der Waals surface area contributed by atoms with E-state index in [-0.39, 0.29) is 0 Å². The molecule has 0 radical (unpaired) electrons.